The third kappa shape index (κ3) is 4.43. The average Bonchev–Trinajstić information content (AvgIpc) is 3.32. The van der Waals surface area contributed by atoms with Crippen molar-refractivity contribution in [3.05, 3.63) is 53.0 Å². The van der Waals surface area contributed by atoms with E-state index in [1.165, 1.54) is 35.3 Å². The van der Waals surface area contributed by atoms with Crippen molar-refractivity contribution < 1.29 is 0 Å². The zero-order valence-corrected chi connectivity index (χ0v) is 17.8. The number of anilines is 1. The summed E-state index contributed by atoms with van der Waals surface area (Å²) in [5, 5.41) is 7.28. The van der Waals surface area contributed by atoms with Gasteiger partial charge in [0.05, 0.1) is 11.6 Å². The van der Waals surface area contributed by atoms with Crippen molar-refractivity contribution in [2.75, 3.05) is 31.5 Å². The van der Waals surface area contributed by atoms with Crippen molar-refractivity contribution in [2.24, 2.45) is 0 Å². The average molecular weight is 393 g/mol. The van der Waals surface area contributed by atoms with Gasteiger partial charge in [-0.2, -0.15) is 0 Å². The molecule has 3 aromatic rings. The second-order valence-corrected chi connectivity index (χ2v) is 7.87. The molecule has 0 spiro atoms. The number of imidazole rings is 1. The lowest BCUT2D eigenvalue weighted by Crippen LogP contribution is -2.27. The Bertz CT molecular complexity index is 959. The zero-order chi connectivity index (χ0) is 20.2. The number of aromatic amines is 1. The standard InChI is InChI=1S/C23H32N6/c1-4-29(5-2)12-6-10-24-15-17-7-8-20-18(13-17)14-21(28-20)19-9-11-25-23-22(19)26-16(3)27-23/h7-9,11,13,21,24,28H,4-6,10,12,14-15H2,1-3H3,(H,25,26,27). The highest BCUT2D eigenvalue weighted by Gasteiger charge is 2.24. The summed E-state index contributed by atoms with van der Waals surface area (Å²) in [4.78, 5) is 14.7. The molecule has 2 aromatic heterocycles. The van der Waals surface area contributed by atoms with Crippen molar-refractivity contribution in [1.29, 1.82) is 0 Å². The van der Waals surface area contributed by atoms with Crippen LogP contribution in [0, 0.1) is 6.92 Å². The Morgan fingerprint density at radius 2 is 2.07 bits per heavy atom. The van der Waals surface area contributed by atoms with Crippen LogP contribution < -0.4 is 10.6 Å². The monoisotopic (exact) mass is 392 g/mol. The van der Waals surface area contributed by atoms with E-state index in [1.807, 2.05) is 13.1 Å². The summed E-state index contributed by atoms with van der Waals surface area (Å²) in [6, 6.07) is 9.15. The molecule has 4 rings (SSSR count). The summed E-state index contributed by atoms with van der Waals surface area (Å²) in [7, 11) is 0. The number of pyridine rings is 1. The number of aromatic nitrogens is 3. The number of H-pyrrole nitrogens is 1. The number of hydrogen-bond acceptors (Lipinski definition) is 5. The predicted octanol–water partition coefficient (Wildman–Crippen LogP) is 3.80. The number of aryl methyl sites for hydroxylation is 1. The molecule has 0 fully saturated rings. The van der Waals surface area contributed by atoms with Crippen LogP contribution in [0.2, 0.25) is 0 Å². The molecule has 6 heteroatoms. The Hall–Kier alpha value is -2.44. The van der Waals surface area contributed by atoms with Gasteiger partial charge in [0.2, 0.25) is 0 Å². The van der Waals surface area contributed by atoms with Crippen LogP contribution in [0.3, 0.4) is 0 Å². The van der Waals surface area contributed by atoms with Gasteiger partial charge in [0.25, 0.3) is 0 Å². The molecule has 0 aliphatic carbocycles. The van der Waals surface area contributed by atoms with Gasteiger partial charge in [-0.15, -0.1) is 0 Å². The van der Waals surface area contributed by atoms with E-state index in [0.29, 0.717) is 0 Å². The van der Waals surface area contributed by atoms with Crippen LogP contribution in [0.5, 0.6) is 0 Å². The van der Waals surface area contributed by atoms with Gasteiger partial charge >= 0.3 is 0 Å². The number of nitrogens with one attached hydrogen (secondary N) is 3. The molecule has 6 nitrogen and oxygen atoms in total. The first-order valence-corrected chi connectivity index (χ1v) is 10.8. The van der Waals surface area contributed by atoms with Gasteiger partial charge < -0.3 is 20.5 Å². The second-order valence-electron chi connectivity index (χ2n) is 7.87. The number of rotatable bonds is 9. The fourth-order valence-electron chi connectivity index (χ4n) is 4.25. The molecule has 0 bridgehead atoms. The van der Waals surface area contributed by atoms with Gasteiger partial charge in [0.15, 0.2) is 5.65 Å². The fraction of sp³-hybridized carbons (Fsp3) is 0.478. The maximum Gasteiger partial charge on any atom is 0.178 e. The SMILES string of the molecule is CCN(CC)CCCNCc1ccc2c(c1)CC(c1ccnc3nc(C)[nH]c13)N2. The van der Waals surface area contributed by atoms with Crippen LogP contribution in [0.25, 0.3) is 11.2 Å². The topological polar surface area (TPSA) is 68.9 Å². The van der Waals surface area contributed by atoms with Crippen molar-refractivity contribution in [3.8, 4) is 0 Å². The van der Waals surface area contributed by atoms with E-state index in [0.717, 1.165) is 49.6 Å². The van der Waals surface area contributed by atoms with Crippen molar-refractivity contribution >= 4 is 16.9 Å². The lowest BCUT2D eigenvalue weighted by molar-refractivity contribution is 0.298. The Morgan fingerprint density at radius 3 is 2.90 bits per heavy atom. The Morgan fingerprint density at radius 1 is 1.21 bits per heavy atom. The maximum absolute atomic E-state index is 4.47. The normalized spacial score (nSPS) is 15.8. The molecule has 29 heavy (non-hydrogen) atoms. The van der Waals surface area contributed by atoms with E-state index in [2.05, 4.69) is 68.6 Å². The van der Waals surface area contributed by atoms with Crippen molar-refractivity contribution in [2.45, 2.75) is 46.2 Å². The molecule has 0 radical (unpaired) electrons. The molecular weight excluding hydrogens is 360 g/mol. The third-order valence-corrected chi connectivity index (χ3v) is 5.89. The number of benzene rings is 1. The van der Waals surface area contributed by atoms with E-state index in [-0.39, 0.29) is 6.04 Å². The quantitative estimate of drug-likeness (QED) is 0.483. The van der Waals surface area contributed by atoms with Crippen molar-refractivity contribution in [3.63, 3.8) is 0 Å². The summed E-state index contributed by atoms with van der Waals surface area (Å²) in [6.45, 7) is 11.9. The predicted molar refractivity (Wildman–Crippen MR) is 119 cm³/mol. The van der Waals surface area contributed by atoms with E-state index >= 15 is 0 Å². The summed E-state index contributed by atoms with van der Waals surface area (Å²) in [6.07, 6.45) is 4.04. The van der Waals surface area contributed by atoms with Gasteiger partial charge in [0.1, 0.15) is 5.82 Å². The van der Waals surface area contributed by atoms with E-state index in [9.17, 15) is 0 Å². The van der Waals surface area contributed by atoms with E-state index in [4.69, 9.17) is 0 Å². The number of hydrogen-bond donors (Lipinski definition) is 3. The van der Waals surface area contributed by atoms with Gasteiger partial charge in [-0.05, 0) is 69.2 Å². The van der Waals surface area contributed by atoms with Crippen LogP contribution in [0.4, 0.5) is 5.69 Å². The van der Waals surface area contributed by atoms with Crippen LogP contribution in [0.1, 0.15) is 48.8 Å². The molecule has 1 aliphatic rings. The van der Waals surface area contributed by atoms with Crippen LogP contribution in [-0.2, 0) is 13.0 Å². The molecule has 0 saturated heterocycles. The van der Waals surface area contributed by atoms with Crippen LogP contribution in [-0.4, -0.2) is 46.0 Å². The first-order valence-electron chi connectivity index (χ1n) is 10.8. The molecule has 3 N–H and O–H groups in total. The van der Waals surface area contributed by atoms with Gasteiger partial charge in [-0.1, -0.05) is 26.0 Å². The molecule has 1 aliphatic heterocycles. The molecule has 0 saturated carbocycles. The minimum Gasteiger partial charge on any atom is -0.378 e. The van der Waals surface area contributed by atoms with Gasteiger partial charge in [-0.25, -0.2) is 9.97 Å². The fourth-order valence-corrected chi connectivity index (χ4v) is 4.25. The molecule has 3 heterocycles. The highest BCUT2D eigenvalue weighted by atomic mass is 15.1. The lowest BCUT2D eigenvalue weighted by atomic mass is 10.0. The van der Waals surface area contributed by atoms with E-state index < -0.39 is 0 Å². The largest absolute Gasteiger partial charge is 0.378 e. The summed E-state index contributed by atoms with van der Waals surface area (Å²) in [5.41, 5.74) is 7.06. The first kappa shape index (κ1) is 19.9. The Labute approximate surface area is 173 Å². The smallest absolute Gasteiger partial charge is 0.178 e. The Balaban J connectivity index is 1.36. The van der Waals surface area contributed by atoms with E-state index in [1.54, 1.807) is 0 Å². The number of fused-ring (bicyclic) bond motifs is 2. The molecule has 1 atom stereocenters. The number of nitrogens with zero attached hydrogens (tertiary/aromatic N) is 3. The summed E-state index contributed by atoms with van der Waals surface area (Å²) < 4.78 is 0. The summed E-state index contributed by atoms with van der Waals surface area (Å²) in [5.74, 6) is 0.907. The minimum atomic E-state index is 0.257. The molecule has 1 unspecified atom stereocenters. The minimum absolute atomic E-state index is 0.257. The lowest BCUT2D eigenvalue weighted by Gasteiger charge is -2.17. The molecule has 154 valence electrons. The van der Waals surface area contributed by atoms with Crippen LogP contribution in [0.15, 0.2) is 30.5 Å². The van der Waals surface area contributed by atoms with Crippen molar-refractivity contribution in [1.82, 2.24) is 25.2 Å². The van der Waals surface area contributed by atoms with Gasteiger partial charge in [0, 0.05) is 24.0 Å². The Kier molecular flexibility index (Phi) is 6.11. The third-order valence-electron chi connectivity index (χ3n) is 5.89. The summed E-state index contributed by atoms with van der Waals surface area (Å²) >= 11 is 0. The molecular formula is C23H32N6. The molecule has 1 aromatic carbocycles. The first-order chi connectivity index (χ1) is 14.2. The maximum atomic E-state index is 4.47. The van der Waals surface area contributed by atoms with Gasteiger partial charge in [-0.3, -0.25) is 0 Å². The highest BCUT2D eigenvalue weighted by Crippen LogP contribution is 2.36. The highest BCUT2D eigenvalue weighted by molar-refractivity contribution is 5.77. The second kappa shape index (κ2) is 8.93. The molecule has 0 amide bonds. The van der Waals surface area contributed by atoms with Crippen LogP contribution >= 0.6 is 0 Å². The zero-order valence-electron chi connectivity index (χ0n) is 17.8.